The van der Waals surface area contributed by atoms with Crippen LogP contribution in [0, 0.1) is 10.1 Å². The molecule has 0 bridgehead atoms. The summed E-state index contributed by atoms with van der Waals surface area (Å²) in [7, 11) is 0. The fraction of sp³-hybridized carbons (Fsp3) is 0.368. The van der Waals surface area contributed by atoms with Gasteiger partial charge < -0.3 is 14.7 Å². The Morgan fingerprint density at radius 2 is 1.96 bits per heavy atom. The van der Waals surface area contributed by atoms with E-state index in [1.54, 1.807) is 12.1 Å². The molecular formula is C19H23N3O5. The van der Waals surface area contributed by atoms with Gasteiger partial charge in [0, 0.05) is 23.7 Å². The van der Waals surface area contributed by atoms with Crippen molar-refractivity contribution in [1.82, 2.24) is 9.88 Å². The number of para-hydroxylation sites is 1. The quantitative estimate of drug-likeness (QED) is 0.443. The summed E-state index contributed by atoms with van der Waals surface area (Å²) >= 11 is 0. The minimum absolute atomic E-state index is 0.0758. The van der Waals surface area contributed by atoms with Crippen molar-refractivity contribution < 1.29 is 19.6 Å². The molecule has 1 N–H and O–H groups in total. The van der Waals surface area contributed by atoms with Crippen LogP contribution in [0.15, 0.2) is 42.6 Å². The van der Waals surface area contributed by atoms with Crippen molar-refractivity contribution in [2.45, 2.75) is 32.7 Å². The highest BCUT2D eigenvalue weighted by atomic mass is 16.6. The molecule has 0 spiro atoms. The van der Waals surface area contributed by atoms with Gasteiger partial charge in [-0.05, 0) is 45.4 Å². The molecule has 1 aromatic carbocycles. The Morgan fingerprint density at radius 3 is 2.52 bits per heavy atom. The number of rotatable bonds is 7. The molecule has 0 fully saturated rings. The molecule has 144 valence electrons. The van der Waals surface area contributed by atoms with Crippen molar-refractivity contribution in [1.29, 1.82) is 0 Å². The van der Waals surface area contributed by atoms with Crippen LogP contribution in [0.2, 0.25) is 0 Å². The topological polar surface area (TPSA) is 106 Å². The molecule has 0 radical (unpaired) electrons. The molecule has 0 saturated heterocycles. The number of aromatic nitrogens is 1. The Hall–Kier alpha value is -3.16. The van der Waals surface area contributed by atoms with Gasteiger partial charge in [-0.25, -0.2) is 9.78 Å². The predicted octanol–water partition coefficient (Wildman–Crippen LogP) is 4.20. The molecule has 0 saturated carbocycles. The number of carboxylic acid groups (broad SMARTS) is 1. The van der Waals surface area contributed by atoms with E-state index in [0.29, 0.717) is 31.0 Å². The van der Waals surface area contributed by atoms with Crippen LogP contribution in [0.5, 0.6) is 5.75 Å². The first kappa shape index (κ1) is 20.2. The zero-order chi connectivity index (χ0) is 20.0. The van der Waals surface area contributed by atoms with Gasteiger partial charge in [-0.15, -0.1) is 0 Å². The van der Waals surface area contributed by atoms with E-state index < -0.39 is 16.6 Å². The average molecular weight is 373 g/mol. The lowest BCUT2D eigenvalue weighted by atomic mass is 10.1. The third kappa shape index (κ3) is 5.40. The summed E-state index contributed by atoms with van der Waals surface area (Å²) < 4.78 is 5.82. The Bertz CT molecular complexity index is 800. The summed E-state index contributed by atoms with van der Waals surface area (Å²) in [4.78, 5) is 27.1. The molecule has 1 amide bonds. The molecule has 2 rings (SSSR count). The molecule has 0 aliphatic rings. The predicted molar refractivity (Wildman–Crippen MR) is 101 cm³/mol. The van der Waals surface area contributed by atoms with Gasteiger partial charge in [0.2, 0.25) is 0 Å². The Balaban J connectivity index is 2.04. The molecule has 1 aromatic heterocycles. The van der Waals surface area contributed by atoms with Crippen LogP contribution in [0.4, 0.5) is 10.5 Å². The van der Waals surface area contributed by atoms with E-state index >= 15 is 0 Å². The van der Waals surface area contributed by atoms with E-state index in [1.165, 1.54) is 17.2 Å². The van der Waals surface area contributed by atoms with Gasteiger partial charge in [-0.1, -0.05) is 12.1 Å². The Kier molecular flexibility index (Phi) is 6.33. The monoisotopic (exact) mass is 373 g/mol. The lowest BCUT2D eigenvalue weighted by Gasteiger charge is -2.33. The number of hydrogen-bond donors (Lipinski definition) is 1. The van der Waals surface area contributed by atoms with Crippen LogP contribution in [0.1, 0.15) is 27.2 Å². The van der Waals surface area contributed by atoms with Crippen molar-refractivity contribution in [3.63, 3.8) is 0 Å². The fourth-order valence-corrected chi connectivity index (χ4v) is 2.58. The van der Waals surface area contributed by atoms with E-state index in [4.69, 9.17) is 4.74 Å². The normalized spacial score (nSPS) is 11.1. The highest BCUT2D eigenvalue weighted by Gasteiger charge is 2.25. The number of benzene rings is 1. The number of carbonyl (C=O) groups is 1. The standard InChI is InChI=1S/C19H23N3O5/c1-19(2,3)21(18(23)24)11-6-12-27-17-8-5-4-7-15(17)16-10-9-14(13-20-16)22(25)26/h4-5,7-10,13H,6,11-12H2,1-3H3,(H,23,24). The molecule has 0 unspecified atom stereocenters. The Morgan fingerprint density at radius 1 is 1.26 bits per heavy atom. The number of nitrogens with zero attached hydrogens (tertiary/aromatic N) is 3. The third-order valence-electron chi connectivity index (χ3n) is 3.95. The molecule has 0 aliphatic heterocycles. The molecule has 1 heterocycles. The van der Waals surface area contributed by atoms with Crippen LogP contribution >= 0.6 is 0 Å². The number of hydrogen-bond acceptors (Lipinski definition) is 5. The SMILES string of the molecule is CC(C)(C)N(CCCOc1ccccc1-c1ccc([N+](=O)[O-])cn1)C(=O)O. The molecule has 0 aliphatic carbocycles. The van der Waals surface area contributed by atoms with Crippen molar-refractivity contribution in [3.05, 3.63) is 52.7 Å². The van der Waals surface area contributed by atoms with E-state index in [9.17, 15) is 20.0 Å². The maximum atomic E-state index is 11.4. The zero-order valence-corrected chi connectivity index (χ0v) is 15.6. The van der Waals surface area contributed by atoms with E-state index in [2.05, 4.69) is 4.98 Å². The van der Waals surface area contributed by atoms with E-state index in [1.807, 2.05) is 39.0 Å². The Labute approximate surface area is 157 Å². The van der Waals surface area contributed by atoms with Crippen molar-refractivity contribution >= 4 is 11.8 Å². The van der Waals surface area contributed by atoms with Gasteiger partial charge in [-0.2, -0.15) is 0 Å². The largest absolute Gasteiger partial charge is 0.493 e. The van der Waals surface area contributed by atoms with Gasteiger partial charge in [-0.3, -0.25) is 10.1 Å². The van der Waals surface area contributed by atoms with Crippen molar-refractivity contribution in [2.24, 2.45) is 0 Å². The van der Waals surface area contributed by atoms with E-state index in [0.717, 1.165) is 5.56 Å². The first-order chi connectivity index (χ1) is 12.7. The number of pyridine rings is 1. The number of nitro groups is 1. The van der Waals surface area contributed by atoms with Gasteiger partial charge >= 0.3 is 6.09 Å². The van der Waals surface area contributed by atoms with Gasteiger partial charge in [0.1, 0.15) is 11.9 Å². The second-order valence-electron chi connectivity index (χ2n) is 6.96. The minimum Gasteiger partial charge on any atom is -0.493 e. The van der Waals surface area contributed by atoms with Crippen LogP contribution in [0.3, 0.4) is 0 Å². The van der Waals surface area contributed by atoms with Gasteiger partial charge in [0.05, 0.1) is 17.2 Å². The molecule has 8 nitrogen and oxygen atoms in total. The maximum Gasteiger partial charge on any atom is 0.407 e. The number of ether oxygens (including phenoxy) is 1. The summed E-state index contributed by atoms with van der Waals surface area (Å²) in [5, 5.41) is 20.1. The smallest absolute Gasteiger partial charge is 0.407 e. The maximum absolute atomic E-state index is 11.4. The lowest BCUT2D eigenvalue weighted by molar-refractivity contribution is -0.385. The molecule has 2 aromatic rings. The fourth-order valence-electron chi connectivity index (χ4n) is 2.58. The van der Waals surface area contributed by atoms with Gasteiger partial charge in [0.25, 0.3) is 5.69 Å². The van der Waals surface area contributed by atoms with Crippen LogP contribution < -0.4 is 4.74 Å². The summed E-state index contributed by atoms with van der Waals surface area (Å²) in [5.41, 5.74) is 0.733. The summed E-state index contributed by atoms with van der Waals surface area (Å²) in [5.74, 6) is 0.594. The van der Waals surface area contributed by atoms with Crippen molar-refractivity contribution in [2.75, 3.05) is 13.2 Å². The average Bonchev–Trinajstić information content (AvgIpc) is 2.60. The molecular weight excluding hydrogens is 350 g/mol. The highest BCUT2D eigenvalue weighted by Crippen LogP contribution is 2.29. The summed E-state index contributed by atoms with van der Waals surface area (Å²) in [6, 6.07) is 10.2. The van der Waals surface area contributed by atoms with E-state index in [-0.39, 0.29) is 5.69 Å². The highest BCUT2D eigenvalue weighted by molar-refractivity contribution is 5.67. The summed E-state index contributed by atoms with van der Waals surface area (Å²) in [6.07, 6.45) is 0.782. The second kappa shape index (κ2) is 8.48. The zero-order valence-electron chi connectivity index (χ0n) is 15.6. The molecule has 0 atom stereocenters. The third-order valence-corrected chi connectivity index (χ3v) is 3.95. The number of amides is 1. The first-order valence-electron chi connectivity index (χ1n) is 8.53. The first-order valence-corrected chi connectivity index (χ1v) is 8.53. The lowest BCUT2D eigenvalue weighted by Crippen LogP contribution is -2.45. The van der Waals surface area contributed by atoms with Crippen LogP contribution in [-0.2, 0) is 0 Å². The molecule has 27 heavy (non-hydrogen) atoms. The van der Waals surface area contributed by atoms with Crippen LogP contribution in [0.25, 0.3) is 11.3 Å². The second-order valence-corrected chi connectivity index (χ2v) is 6.96. The van der Waals surface area contributed by atoms with Crippen molar-refractivity contribution in [3.8, 4) is 17.0 Å². The minimum atomic E-state index is -0.960. The van der Waals surface area contributed by atoms with Gasteiger partial charge in [0.15, 0.2) is 0 Å². The van der Waals surface area contributed by atoms with Crippen LogP contribution in [-0.4, -0.2) is 44.7 Å². The summed E-state index contributed by atoms with van der Waals surface area (Å²) in [6.45, 7) is 6.23. The molecule has 8 heteroatoms.